The summed E-state index contributed by atoms with van der Waals surface area (Å²) in [4.78, 5) is 1.51. The van der Waals surface area contributed by atoms with Crippen molar-refractivity contribution in [2.24, 2.45) is 0 Å². The van der Waals surface area contributed by atoms with Crippen molar-refractivity contribution in [3.63, 3.8) is 0 Å². The van der Waals surface area contributed by atoms with E-state index in [1.165, 1.54) is 38.9 Å². The van der Waals surface area contributed by atoms with Crippen LogP contribution in [0.5, 0.6) is 0 Å². The van der Waals surface area contributed by atoms with Crippen LogP contribution in [0, 0.1) is 13.8 Å². The van der Waals surface area contributed by atoms with Crippen LogP contribution in [-0.2, 0) is 6.54 Å². The zero-order valence-corrected chi connectivity index (χ0v) is 10.7. The number of rotatable bonds is 3. The monoisotopic (exact) mass is 231 g/mol. The van der Waals surface area contributed by atoms with Crippen LogP contribution in [0.2, 0.25) is 0 Å². The first kappa shape index (κ1) is 10.3. The van der Waals surface area contributed by atoms with Crippen LogP contribution in [-0.4, -0.2) is 6.04 Å². The Hall–Kier alpha value is -0.860. The Labute approximate surface area is 100 Å². The lowest BCUT2D eigenvalue weighted by Crippen LogP contribution is -2.14. The highest BCUT2D eigenvalue weighted by molar-refractivity contribution is 7.19. The van der Waals surface area contributed by atoms with Crippen molar-refractivity contribution in [1.82, 2.24) is 5.32 Å². The molecule has 1 aromatic heterocycles. The van der Waals surface area contributed by atoms with Gasteiger partial charge < -0.3 is 5.32 Å². The maximum Gasteiger partial charge on any atom is 0.0378 e. The average molecular weight is 231 g/mol. The summed E-state index contributed by atoms with van der Waals surface area (Å²) in [6.45, 7) is 5.51. The lowest BCUT2D eigenvalue weighted by atomic mass is 10.1. The van der Waals surface area contributed by atoms with Gasteiger partial charge in [0.05, 0.1) is 0 Å². The molecule has 0 amide bonds. The van der Waals surface area contributed by atoms with E-state index < -0.39 is 0 Å². The molecule has 0 aliphatic heterocycles. The zero-order valence-electron chi connectivity index (χ0n) is 9.84. The van der Waals surface area contributed by atoms with E-state index in [0.717, 1.165) is 12.6 Å². The van der Waals surface area contributed by atoms with Gasteiger partial charge in [-0.3, -0.25) is 0 Å². The molecule has 0 radical (unpaired) electrons. The molecule has 1 nitrogen and oxygen atoms in total. The van der Waals surface area contributed by atoms with Gasteiger partial charge in [0.1, 0.15) is 0 Å². The molecule has 1 N–H and O–H groups in total. The van der Waals surface area contributed by atoms with Crippen LogP contribution in [0.1, 0.15) is 28.8 Å². The number of fused-ring (bicyclic) bond motifs is 1. The lowest BCUT2D eigenvalue weighted by Gasteiger charge is -2.00. The minimum absolute atomic E-state index is 0.797. The molecule has 0 unspecified atom stereocenters. The van der Waals surface area contributed by atoms with Crippen LogP contribution >= 0.6 is 11.3 Å². The molecule has 0 bridgehead atoms. The maximum atomic E-state index is 3.60. The average Bonchev–Trinajstić information content (AvgIpc) is 3.04. The number of hydrogen-bond donors (Lipinski definition) is 1. The van der Waals surface area contributed by atoms with Gasteiger partial charge >= 0.3 is 0 Å². The van der Waals surface area contributed by atoms with Gasteiger partial charge in [0, 0.05) is 22.2 Å². The highest BCUT2D eigenvalue weighted by atomic mass is 32.1. The Morgan fingerprint density at radius 2 is 2.12 bits per heavy atom. The molecule has 2 heteroatoms. The Kier molecular flexibility index (Phi) is 2.49. The standard InChI is InChI=1S/C14H17NS/c1-9-4-3-5-12-10(2)13(16-14(9)12)8-15-11-6-7-11/h3-5,11,15H,6-8H2,1-2H3. The van der Waals surface area contributed by atoms with Crippen molar-refractivity contribution in [2.45, 2.75) is 39.3 Å². The van der Waals surface area contributed by atoms with E-state index in [0.29, 0.717) is 0 Å². The fourth-order valence-electron chi connectivity index (χ4n) is 2.13. The van der Waals surface area contributed by atoms with Crippen molar-refractivity contribution < 1.29 is 0 Å². The van der Waals surface area contributed by atoms with Gasteiger partial charge in [-0.15, -0.1) is 11.3 Å². The van der Waals surface area contributed by atoms with Crippen molar-refractivity contribution in [2.75, 3.05) is 0 Å². The van der Waals surface area contributed by atoms with Crippen LogP contribution in [0.25, 0.3) is 10.1 Å². The molecule has 1 heterocycles. The molecule has 0 spiro atoms. The van der Waals surface area contributed by atoms with Gasteiger partial charge in [-0.25, -0.2) is 0 Å². The highest BCUT2D eigenvalue weighted by Crippen LogP contribution is 2.33. The Bertz CT molecular complexity index is 523. The smallest absolute Gasteiger partial charge is 0.0378 e. The molecule has 16 heavy (non-hydrogen) atoms. The van der Waals surface area contributed by atoms with E-state index in [2.05, 4.69) is 37.4 Å². The van der Waals surface area contributed by atoms with Gasteiger partial charge in [0.2, 0.25) is 0 Å². The number of thiophene rings is 1. The lowest BCUT2D eigenvalue weighted by molar-refractivity contribution is 0.693. The molecule has 1 fully saturated rings. The van der Waals surface area contributed by atoms with Crippen molar-refractivity contribution in [3.8, 4) is 0 Å². The Morgan fingerprint density at radius 3 is 2.81 bits per heavy atom. The third-order valence-corrected chi connectivity index (χ3v) is 4.83. The number of benzene rings is 1. The first-order chi connectivity index (χ1) is 7.75. The second-order valence-electron chi connectivity index (χ2n) is 4.76. The van der Waals surface area contributed by atoms with E-state index in [9.17, 15) is 0 Å². The van der Waals surface area contributed by atoms with Crippen molar-refractivity contribution in [3.05, 3.63) is 34.2 Å². The van der Waals surface area contributed by atoms with E-state index in [1.807, 2.05) is 11.3 Å². The number of aryl methyl sites for hydroxylation is 2. The van der Waals surface area contributed by atoms with Gasteiger partial charge in [0.15, 0.2) is 0 Å². The third kappa shape index (κ3) is 1.76. The minimum Gasteiger partial charge on any atom is -0.309 e. The molecule has 2 aromatic rings. The van der Waals surface area contributed by atoms with E-state index in [1.54, 1.807) is 0 Å². The molecule has 0 atom stereocenters. The van der Waals surface area contributed by atoms with Crippen LogP contribution in [0.4, 0.5) is 0 Å². The number of hydrogen-bond acceptors (Lipinski definition) is 2. The fraction of sp³-hybridized carbons (Fsp3) is 0.429. The van der Waals surface area contributed by atoms with Crippen LogP contribution in [0.15, 0.2) is 18.2 Å². The molecular weight excluding hydrogens is 214 g/mol. The summed E-state index contributed by atoms with van der Waals surface area (Å²) in [6.07, 6.45) is 2.73. The summed E-state index contributed by atoms with van der Waals surface area (Å²) in [5.74, 6) is 0. The molecule has 84 valence electrons. The SMILES string of the molecule is Cc1c(CNC2CC2)sc2c(C)cccc12. The fourth-order valence-corrected chi connectivity index (χ4v) is 3.35. The van der Waals surface area contributed by atoms with E-state index in [-0.39, 0.29) is 0 Å². The Balaban J connectivity index is 1.97. The minimum atomic E-state index is 0.797. The normalized spacial score (nSPS) is 15.9. The van der Waals surface area contributed by atoms with E-state index >= 15 is 0 Å². The predicted molar refractivity (Wildman–Crippen MR) is 71.2 cm³/mol. The summed E-state index contributed by atoms with van der Waals surface area (Å²) in [6, 6.07) is 7.41. The van der Waals surface area contributed by atoms with Gasteiger partial charge in [-0.05, 0) is 43.2 Å². The number of nitrogens with one attached hydrogen (secondary N) is 1. The largest absolute Gasteiger partial charge is 0.309 e. The van der Waals surface area contributed by atoms with Crippen molar-refractivity contribution in [1.29, 1.82) is 0 Å². The molecule has 3 rings (SSSR count). The maximum absolute atomic E-state index is 3.60. The summed E-state index contributed by atoms with van der Waals surface area (Å²) in [5, 5.41) is 5.05. The predicted octanol–water partition coefficient (Wildman–Crippen LogP) is 3.77. The molecule has 1 aliphatic rings. The first-order valence-electron chi connectivity index (χ1n) is 5.96. The summed E-state index contributed by atoms with van der Waals surface area (Å²) < 4.78 is 1.47. The van der Waals surface area contributed by atoms with Gasteiger partial charge in [-0.2, -0.15) is 0 Å². The topological polar surface area (TPSA) is 12.0 Å². The van der Waals surface area contributed by atoms with Crippen LogP contribution < -0.4 is 5.32 Å². The molecule has 0 saturated heterocycles. The summed E-state index contributed by atoms with van der Waals surface area (Å²) in [5.41, 5.74) is 2.88. The van der Waals surface area contributed by atoms with Crippen molar-refractivity contribution >= 4 is 21.4 Å². The second kappa shape index (κ2) is 3.86. The first-order valence-corrected chi connectivity index (χ1v) is 6.78. The Morgan fingerprint density at radius 1 is 1.31 bits per heavy atom. The zero-order chi connectivity index (χ0) is 11.1. The molecular formula is C14H17NS. The summed E-state index contributed by atoms with van der Waals surface area (Å²) >= 11 is 1.96. The second-order valence-corrected chi connectivity index (χ2v) is 5.86. The van der Waals surface area contributed by atoms with E-state index in [4.69, 9.17) is 0 Å². The molecule has 1 aliphatic carbocycles. The molecule has 1 saturated carbocycles. The van der Waals surface area contributed by atoms with Crippen LogP contribution in [0.3, 0.4) is 0 Å². The highest BCUT2D eigenvalue weighted by Gasteiger charge is 2.21. The van der Waals surface area contributed by atoms with Gasteiger partial charge in [-0.1, -0.05) is 18.2 Å². The molecule has 1 aromatic carbocycles. The quantitative estimate of drug-likeness (QED) is 0.848. The van der Waals surface area contributed by atoms with Gasteiger partial charge in [0.25, 0.3) is 0 Å². The summed E-state index contributed by atoms with van der Waals surface area (Å²) in [7, 11) is 0. The third-order valence-electron chi connectivity index (χ3n) is 3.39.